The van der Waals surface area contributed by atoms with E-state index in [9.17, 15) is 28.8 Å². The Hall–Kier alpha value is -3.18. The van der Waals surface area contributed by atoms with Gasteiger partial charge >= 0.3 is 35.8 Å². The van der Waals surface area contributed by atoms with E-state index in [4.69, 9.17) is 28.4 Å². The Morgan fingerprint density at radius 1 is 0.383 bits per heavy atom. The molecule has 0 bridgehead atoms. The maximum atomic E-state index is 13.9. The van der Waals surface area contributed by atoms with Crippen LogP contribution in [-0.4, -0.2) is 72.4 Å². The average molecular weight is 855 g/mol. The number of ether oxygens (including phenoxy) is 6. The van der Waals surface area contributed by atoms with Crippen molar-refractivity contribution in [1.82, 2.24) is 0 Å². The second-order valence-corrected chi connectivity index (χ2v) is 24.5. The summed E-state index contributed by atoms with van der Waals surface area (Å²) in [6.07, 6.45) is -0.318. The van der Waals surface area contributed by atoms with Gasteiger partial charge in [-0.25, -0.2) is 0 Å². The van der Waals surface area contributed by atoms with Gasteiger partial charge in [-0.15, -0.1) is 0 Å². The Bertz CT molecular complexity index is 1490. The van der Waals surface area contributed by atoms with E-state index in [1.165, 1.54) is 0 Å². The number of esters is 6. The highest BCUT2D eigenvalue weighted by molar-refractivity contribution is 5.82. The third-order valence-corrected chi connectivity index (χ3v) is 9.69. The van der Waals surface area contributed by atoms with Gasteiger partial charge in [-0.2, -0.15) is 0 Å². The minimum absolute atomic E-state index is 0.0629. The van der Waals surface area contributed by atoms with E-state index >= 15 is 0 Å². The van der Waals surface area contributed by atoms with Crippen molar-refractivity contribution in [1.29, 1.82) is 0 Å². The van der Waals surface area contributed by atoms with Crippen molar-refractivity contribution in [2.45, 2.75) is 215 Å². The normalized spacial score (nSPS) is 14.8. The summed E-state index contributed by atoms with van der Waals surface area (Å²) in [5.41, 5.74) is -8.00. The topological polar surface area (TPSA) is 158 Å². The molecule has 0 fully saturated rings. The van der Waals surface area contributed by atoms with E-state index in [0.717, 1.165) is 0 Å². The molecule has 60 heavy (non-hydrogen) atoms. The van der Waals surface area contributed by atoms with E-state index < -0.39 is 91.7 Å². The van der Waals surface area contributed by atoms with Crippen LogP contribution in [0.1, 0.15) is 191 Å². The van der Waals surface area contributed by atoms with Gasteiger partial charge in [-0.05, 0) is 168 Å². The van der Waals surface area contributed by atoms with E-state index in [1.807, 2.05) is 34.6 Å². The second kappa shape index (κ2) is 20.3. The van der Waals surface area contributed by atoms with Gasteiger partial charge in [0.25, 0.3) is 0 Å². The summed E-state index contributed by atoms with van der Waals surface area (Å²) in [5.74, 6) is -2.92. The molecule has 0 aliphatic heterocycles. The number of hydrogen-bond acceptors (Lipinski definition) is 12. The lowest BCUT2D eigenvalue weighted by Crippen LogP contribution is -2.42. The number of rotatable bonds is 21. The van der Waals surface area contributed by atoms with Crippen molar-refractivity contribution in [3.8, 4) is 0 Å². The third-order valence-electron chi connectivity index (χ3n) is 9.69. The summed E-state index contributed by atoms with van der Waals surface area (Å²) in [7, 11) is 0. The summed E-state index contributed by atoms with van der Waals surface area (Å²) in [6, 6.07) is 0. The Balaban J connectivity index is 5.90. The molecule has 2 atom stereocenters. The summed E-state index contributed by atoms with van der Waals surface area (Å²) in [5, 5.41) is 0. The average Bonchev–Trinajstić information content (AvgIpc) is 2.97. The molecule has 0 saturated carbocycles. The van der Waals surface area contributed by atoms with Crippen molar-refractivity contribution in [3.63, 3.8) is 0 Å². The first-order chi connectivity index (χ1) is 26.3. The van der Waals surface area contributed by atoms with Crippen LogP contribution in [0.5, 0.6) is 0 Å². The first-order valence-electron chi connectivity index (χ1n) is 21.6. The highest BCUT2D eigenvalue weighted by atomic mass is 16.6. The Kier molecular flexibility index (Phi) is 19.3. The second-order valence-electron chi connectivity index (χ2n) is 24.5. The van der Waals surface area contributed by atoms with Crippen molar-refractivity contribution in [3.05, 3.63) is 0 Å². The van der Waals surface area contributed by atoms with Crippen LogP contribution in [0.4, 0.5) is 0 Å². The largest absolute Gasteiger partial charge is 0.461 e. The monoisotopic (exact) mass is 855 g/mol. The molecular formula is C48H86O12. The summed E-state index contributed by atoms with van der Waals surface area (Å²) >= 11 is 0. The fourth-order valence-electron chi connectivity index (χ4n) is 7.42. The molecule has 0 amide bonds. The number of hydrogen-bond donors (Lipinski definition) is 0. The van der Waals surface area contributed by atoms with E-state index in [0.29, 0.717) is 12.8 Å². The molecule has 0 aromatic heterocycles. The zero-order valence-corrected chi connectivity index (χ0v) is 42.1. The van der Waals surface area contributed by atoms with Crippen molar-refractivity contribution in [2.75, 3.05) is 13.2 Å². The van der Waals surface area contributed by atoms with Gasteiger partial charge in [-0.3, -0.25) is 28.8 Å². The van der Waals surface area contributed by atoms with Crippen molar-refractivity contribution >= 4 is 35.8 Å². The molecule has 0 N–H and O–H groups in total. The van der Waals surface area contributed by atoms with Crippen LogP contribution in [-0.2, 0) is 57.2 Å². The van der Waals surface area contributed by atoms with Gasteiger partial charge in [0.05, 0.1) is 32.5 Å². The van der Waals surface area contributed by atoms with Crippen molar-refractivity contribution in [2.24, 2.45) is 43.8 Å². The standard InChI is InChI=1S/C48H86O12/c1-31(2)24-32(26-55-34(49)43(12,13)28-47(20,21)38(53)59-41(6,7)8)57-36(51)45(16,17)30-46(18,19)37(52)58-33(25-40(3,4)5)27-56-35(50)44(14,15)29-48(22,23)39(54)60-42(9,10)11/h31-33H,24-30H2,1-23H3. The molecule has 0 rings (SSSR count). The van der Waals surface area contributed by atoms with Crippen LogP contribution in [0.25, 0.3) is 0 Å². The lowest BCUT2D eigenvalue weighted by atomic mass is 9.75. The van der Waals surface area contributed by atoms with Gasteiger partial charge in [0, 0.05) is 0 Å². The predicted molar refractivity (Wildman–Crippen MR) is 233 cm³/mol. The Labute approximate surface area is 364 Å². The molecule has 0 saturated heterocycles. The van der Waals surface area contributed by atoms with Crippen LogP contribution >= 0.6 is 0 Å². The summed E-state index contributed by atoms with van der Waals surface area (Å²) < 4.78 is 34.8. The quantitative estimate of drug-likeness (QED) is 0.0796. The van der Waals surface area contributed by atoms with Gasteiger partial charge in [0.2, 0.25) is 0 Å². The molecule has 0 radical (unpaired) electrons. The molecule has 0 heterocycles. The van der Waals surface area contributed by atoms with E-state index in [1.54, 1.807) is 125 Å². The maximum absolute atomic E-state index is 13.9. The minimum Gasteiger partial charge on any atom is -0.461 e. The number of carbonyl (C=O) groups excluding carboxylic acids is 6. The van der Waals surface area contributed by atoms with Crippen molar-refractivity contribution < 1.29 is 57.2 Å². The highest BCUT2D eigenvalue weighted by Crippen LogP contribution is 2.40. The van der Waals surface area contributed by atoms with Crippen LogP contribution in [0.2, 0.25) is 0 Å². The Morgan fingerprint density at radius 3 is 0.933 bits per heavy atom. The molecule has 12 nitrogen and oxygen atoms in total. The molecule has 0 spiro atoms. The van der Waals surface area contributed by atoms with Gasteiger partial charge in [-0.1, -0.05) is 34.6 Å². The fourth-order valence-corrected chi connectivity index (χ4v) is 7.42. The van der Waals surface area contributed by atoms with Crippen LogP contribution < -0.4 is 0 Å². The zero-order valence-electron chi connectivity index (χ0n) is 42.1. The smallest absolute Gasteiger partial charge is 0.312 e. The van der Waals surface area contributed by atoms with E-state index in [-0.39, 0.29) is 43.8 Å². The van der Waals surface area contributed by atoms with Gasteiger partial charge in [0.1, 0.15) is 36.6 Å². The molecule has 0 aliphatic rings. The molecular weight excluding hydrogens is 769 g/mol. The molecule has 0 aromatic rings. The predicted octanol–water partition coefficient (Wildman–Crippen LogP) is 10.4. The summed E-state index contributed by atoms with van der Waals surface area (Å²) in [4.78, 5) is 80.4. The van der Waals surface area contributed by atoms with E-state index in [2.05, 4.69) is 0 Å². The molecule has 2 unspecified atom stereocenters. The SMILES string of the molecule is CC(C)CC(COC(=O)C(C)(C)CC(C)(C)C(=O)OC(C)(C)C)OC(=O)C(C)(C)CC(C)(C)C(=O)OC(COC(=O)C(C)(C)CC(C)(C)C(=O)OC(C)(C)C)CC(C)(C)C. The maximum Gasteiger partial charge on any atom is 0.312 e. The molecule has 0 aliphatic carbocycles. The molecule has 12 heteroatoms. The van der Waals surface area contributed by atoms with Crippen LogP contribution in [0, 0.1) is 43.8 Å². The molecule has 350 valence electrons. The first kappa shape index (κ1) is 56.8. The van der Waals surface area contributed by atoms with Gasteiger partial charge in [0.15, 0.2) is 0 Å². The van der Waals surface area contributed by atoms with Crippen LogP contribution in [0.15, 0.2) is 0 Å². The summed E-state index contributed by atoms with van der Waals surface area (Å²) in [6.45, 7) is 40.8. The third kappa shape index (κ3) is 20.6. The van der Waals surface area contributed by atoms with Gasteiger partial charge < -0.3 is 28.4 Å². The minimum atomic E-state index is -1.16. The number of carbonyl (C=O) groups is 6. The lowest BCUT2D eigenvalue weighted by Gasteiger charge is -2.36. The fraction of sp³-hybridized carbons (Fsp3) is 0.875. The molecule has 0 aromatic carbocycles. The lowest BCUT2D eigenvalue weighted by molar-refractivity contribution is -0.179. The first-order valence-corrected chi connectivity index (χ1v) is 21.6. The zero-order chi connectivity index (χ0) is 47.9. The highest BCUT2D eigenvalue weighted by Gasteiger charge is 2.46. The van der Waals surface area contributed by atoms with Crippen LogP contribution in [0.3, 0.4) is 0 Å². The Morgan fingerprint density at radius 2 is 0.650 bits per heavy atom.